The number of anilines is 1. The second-order valence-corrected chi connectivity index (χ2v) is 11.3. The maximum absolute atomic E-state index is 6.40. The van der Waals surface area contributed by atoms with Crippen molar-refractivity contribution in [2.45, 2.75) is 64.3 Å². The normalized spacial score (nSPS) is 19.1. The van der Waals surface area contributed by atoms with Gasteiger partial charge in [-0.1, -0.05) is 23.2 Å². The van der Waals surface area contributed by atoms with Crippen LogP contribution in [0.15, 0.2) is 42.9 Å². The lowest BCUT2D eigenvalue weighted by Gasteiger charge is -2.24. The minimum atomic E-state index is -0.375. The van der Waals surface area contributed by atoms with Crippen LogP contribution in [0.4, 0.5) is 5.82 Å². The van der Waals surface area contributed by atoms with Gasteiger partial charge in [-0.15, -0.1) is 0 Å². The van der Waals surface area contributed by atoms with Crippen LogP contribution >= 0.6 is 23.2 Å². The van der Waals surface area contributed by atoms with Crippen molar-refractivity contribution >= 4 is 39.9 Å². The van der Waals surface area contributed by atoms with Gasteiger partial charge < -0.3 is 19.5 Å². The lowest BCUT2D eigenvalue weighted by atomic mass is 10.1. The zero-order chi connectivity index (χ0) is 27.6. The van der Waals surface area contributed by atoms with Crippen LogP contribution in [0.1, 0.15) is 62.5 Å². The highest BCUT2D eigenvalue weighted by Crippen LogP contribution is 2.38. The molecule has 3 aromatic heterocycles. The molecule has 0 radical (unpaired) electrons. The van der Waals surface area contributed by atoms with E-state index in [1.807, 2.05) is 36.0 Å². The summed E-state index contributed by atoms with van der Waals surface area (Å²) in [5, 5.41) is 10.6. The Bertz CT molecular complexity index is 1480. The van der Waals surface area contributed by atoms with Gasteiger partial charge in [0.15, 0.2) is 6.23 Å². The van der Waals surface area contributed by atoms with Crippen LogP contribution in [0.5, 0.6) is 5.75 Å². The molecule has 40 heavy (non-hydrogen) atoms. The van der Waals surface area contributed by atoms with Gasteiger partial charge in [-0.3, -0.25) is 4.98 Å². The van der Waals surface area contributed by atoms with Gasteiger partial charge in [0.05, 0.1) is 15.6 Å². The van der Waals surface area contributed by atoms with Crippen molar-refractivity contribution in [2.24, 2.45) is 0 Å². The molecule has 6 rings (SSSR count). The molecule has 1 N–H and O–H groups in total. The molecule has 8 nitrogen and oxygen atoms in total. The fourth-order valence-corrected chi connectivity index (χ4v) is 6.18. The third kappa shape index (κ3) is 5.63. The quantitative estimate of drug-likeness (QED) is 0.241. The van der Waals surface area contributed by atoms with E-state index in [0.29, 0.717) is 27.4 Å². The first kappa shape index (κ1) is 27.3. The molecule has 2 aliphatic heterocycles. The summed E-state index contributed by atoms with van der Waals surface area (Å²) < 4.78 is 20.0. The first-order chi connectivity index (χ1) is 19.5. The van der Waals surface area contributed by atoms with E-state index in [-0.39, 0.29) is 12.3 Å². The van der Waals surface area contributed by atoms with E-state index >= 15 is 0 Å². The van der Waals surface area contributed by atoms with Crippen LogP contribution in [-0.4, -0.2) is 45.6 Å². The molecule has 2 fully saturated rings. The number of aromatic nitrogens is 4. The van der Waals surface area contributed by atoms with Gasteiger partial charge in [-0.2, -0.15) is 5.10 Å². The molecular weight excluding hydrogens is 549 g/mol. The summed E-state index contributed by atoms with van der Waals surface area (Å²) in [6.45, 7) is 6.31. The van der Waals surface area contributed by atoms with Crippen LogP contribution in [0.25, 0.3) is 22.2 Å². The summed E-state index contributed by atoms with van der Waals surface area (Å²) in [4.78, 5) is 8.86. The lowest BCUT2D eigenvalue weighted by molar-refractivity contribution is -0.0365. The lowest BCUT2D eigenvalue weighted by Crippen LogP contribution is -2.28. The summed E-state index contributed by atoms with van der Waals surface area (Å²) in [6.07, 6.45) is 9.65. The summed E-state index contributed by atoms with van der Waals surface area (Å²) in [5.41, 5.74) is 4.56. The molecule has 10 heteroatoms. The zero-order valence-corrected chi connectivity index (χ0v) is 24.2. The average molecular weight is 583 g/mol. The maximum atomic E-state index is 6.40. The number of nitrogens with zero attached hydrogens (tertiary/aromatic N) is 4. The Morgan fingerprint density at radius 2 is 1.82 bits per heavy atom. The van der Waals surface area contributed by atoms with Crippen LogP contribution in [0.2, 0.25) is 10.0 Å². The molecule has 4 aromatic rings. The molecule has 5 heterocycles. The number of fused-ring (bicyclic) bond motifs is 1. The Morgan fingerprint density at radius 3 is 2.55 bits per heavy atom. The number of benzene rings is 1. The minimum Gasteiger partial charge on any atom is -0.486 e. The van der Waals surface area contributed by atoms with Crippen LogP contribution in [0.3, 0.4) is 0 Å². The SMILES string of the molecule is Cc1cc(-c2nn(C3CCCCO3)c3ccc(O[C@H](C)c4c(Cl)cncc4Cl)cc23)cnc1NC1CCOCC1. The van der Waals surface area contributed by atoms with E-state index < -0.39 is 0 Å². The highest BCUT2D eigenvalue weighted by Gasteiger charge is 2.24. The predicted octanol–water partition coefficient (Wildman–Crippen LogP) is 7.54. The second-order valence-electron chi connectivity index (χ2n) is 10.5. The number of nitrogens with one attached hydrogen (secondary N) is 1. The number of ether oxygens (including phenoxy) is 3. The number of rotatable bonds is 7. The van der Waals surface area contributed by atoms with Crippen LogP contribution < -0.4 is 10.1 Å². The van der Waals surface area contributed by atoms with Crippen molar-refractivity contribution < 1.29 is 14.2 Å². The Hall–Kier alpha value is -2.91. The van der Waals surface area contributed by atoms with Crippen molar-refractivity contribution in [3.05, 3.63) is 64.0 Å². The monoisotopic (exact) mass is 581 g/mol. The highest BCUT2D eigenvalue weighted by atomic mass is 35.5. The summed E-state index contributed by atoms with van der Waals surface area (Å²) in [5.74, 6) is 1.59. The first-order valence-corrected chi connectivity index (χ1v) is 14.6. The van der Waals surface area contributed by atoms with Gasteiger partial charge in [-0.25, -0.2) is 9.67 Å². The van der Waals surface area contributed by atoms with Gasteiger partial charge in [-0.05, 0) is 75.8 Å². The van der Waals surface area contributed by atoms with E-state index in [1.54, 1.807) is 12.4 Å². The van der Waals surface area contributed by atoms with Crippen molar-refractivity contribution in [2.75, 3.05) is 25.1 Å². The zero-order valence-electron chi connectivity index (χ0n) is 22.7. The summed E-state index contributed by atoms with van der Waals surface area (Å²) in [7, 11) is 0. The Kier molecular flexibility index (Phi) is 8.12. The van der Waals surface area contributed by atoms with Crippen LogP contribution in [-0.2, 0) is 9.47 Å². The van der Waals surface area contributed by atoms with Gasteiger partial charge in [0.2, 0.25) is 0 Å². The van der Waals surface area contributed by atoms with Gasteiger partial charge in [0.25, 0.3) is 0 Å². The van der Waals surface area contributed by atoms with E-state index in [9.17, 15) is 0 Å². The Balaban J connectivity index is 1.36. The average Bonchev–Trinajstić information content (AvgIpc) is 3.34. The smallest absolute Gasteiger partial charge is 0.150 e. The largest absolute Gasteiger partial charge is 0.486 e. The van der Waals surface area contributed by atoms with Crippen molar-refractivity contribution in [3.63, 3.8) is 0 Å². The van der Waals surface area contributed by atoms with Crippen molar-refractivity contribution in [1.82, 2.24) is 19.7 Å². The van der Waals surface area contributed by atoms with E-state index in [4.69, 9.17) is 47.5 Å². The van der Waals surface area contributed by atoms with Gasteiger partial charge in [0, 0.05) is 61.0 Å². The Morgan fingerprint density at radius 1 is 1.02 bits per heavy atom. The third-order valence-electron chi connectivity index (χ3n) is 7.63. The second kappa shape index (κ2) is 11.9. The molecule has 2 atom stereocenters. The van der Waals surface area contributed by atoms with Gasteiger partial charge in [0.1, 0.15) is 23.4 Å². The molecule has 0 amide bonds. The molecule has 1 unspecified atom stereocenters. The van der Waals surface area contributed by atoms with Crippen molar-refractivity contribution in [1.29, 1.82) is 0 Å². The number of aryl methyl sites for hydroxylation is 1. The van der Waals surface area contributed by atoms with Crippen LogP contribution in [0, 0.1) is 6.92 Å². The number of hydrogen-bond donors (Lipinski definition) is 1. The molecule has 2 saturated heterocycles. The molecule has 0 aliphatic carbocycles. The molecule has 1 aromatic carbocycles. The number of hydrogen-bond acceptors (Lipinski definition) is 7. The number of halogens is 2. The molecule has 0 bridgehead atoms. The highest BCUT2D eigenvalue weighted by molar-refractivity contribution is 6.35. The Labute approximate surface area is 244 Å². The fourth-order valence-electron chi connectivity index (χ4n) is 5.51. The van der Waals surface area contributed by atoms with E-state index in [2.05, 4.69) is 23.3 Å². The topological polar surface area (TPSA) is 83.3 Å². The molecule has 0 spiro atoms. The van der Waals surface area contributed by atoms with E-state index in [1.165, 1.54) is 0 Å². The molecule has 2 aliphatic rings. The van der Waals surface area contributed by atoms with E-state index in [0.717, 1.165) is 85.5 Å². The molecule has 210 valence electrons. The maximum Gasteiger partial charge on any atom is 0.150 e. The molecule has 0 saturated carbocycles. The summed E-state index contributed by atoms with van der Waals surface area (Å²) >= 11 is 12.8. The standard InChI is InChI=1S/C30H33Cl2N5O3/c1-18-13-20(15-34-30(18)35-21-8-11-38-12-9-21)29-23-14-22(40-19(2)28-24(31)16-33-17-25(28)32)6-7-26(23)37(36-29)27-5-3-4-10-39-27/h6-7,13-17,19,21,27H,3-5,8-12H2,1-2H3,(H,34,35)/t19-,27?/m1/s1. The first-order valence-electron chi connectivity index (χ1n) is 13.9. The minimum absolute atomic E-state index is 0.103. The van der Waals surface area contributed by atoms with Gasteiger partial charge >= 0.3 is 0 Å². The molecular formula is C30H33Cl2N5O3. The number of pyridine rings is 2. The summed E-state index contributed by atoms with van der Waals surface area (Å²) in [6, 6.07) is 8.55. The van der Waals surface area contributed by atoms with Crippen molar-refractivity contribution in [3.8, 4) is 17.0 Å². The third-order valence-corrected chi connectivity index (χ3v) is 8.23. The fraction of sp³-hybridized carbons (Fsp3) is 0.433. The predicted molar refractivity (Wildman–Crippen MR) is 157 cm³/mol.